The molecule has 5 nitrogen and oxygen atoms in total. The van der Waals surface area contributed by atoms with Crippen LogP contribution in [0.4, 0.5) is 24.5 Å². The van der Waals surface area contributed by atoms with Crippen LogP contribution in [0.5, 0.6) is 5.75 Å². The van der Waals surface area contributed by atoms with Crippen molar-refractivity contribution in [1.29, 1.82) is 0 Å². The predicted octanol–water partition coefficient (Wildman–Crippen LogP) is 4.55. The van der Waals surface area contributed by atoms with Crippen LogP contribution < -0.4 is 15.4 Å². The van der Waals surface area contributed by atoms with Gasteiger partial charge < -0.3 is 15.4 Å². The lowest BCUT2D eigenvalue weighted by atomic mass is 10.1. The van der Waals surface area contributed by atoms with Crippen molar-refractivity contribution < 1.29 is 27.5 Å². The molecule has 2 aromatic rings. The Bertz CT molecular complexity index is 788. The molecule has 0 aliphatic carbocycles. The molecule has 0 saturated heterocycles. The van der Waals surface area contributed by atoms with Crippen LogP contribution in [0.15, 0.2) is 48.5 Å². The molecular formula is C20H21F3N2O3. The summed E-state index contributed by atoms with van der Waals surface area (Å²) < 4.78 is 41.7. The first kappa shape index (κ1) is 21.3. The molecule has 0 atom stereocenters. The first-order chi connectivity index (χ1) is 13.3. The Labute approximate surface area is 160 Å². The largest absolute Gasteiger partial charge is 0.497 e. The van der Waals surface area contributed by atoms with Crippen molar-refractivity contribution in [3.05, 3.63) is 54.1 Å². The number of aryl methyl sites for hydroxylation is 1. The fraction of sp³-hybridized carbons (Fsp3) is 0.300. The molecule has 0 aromatic heterocycles. The summed E-state index contributed by atoms with van der Waals surface area (Å²) in [6.45, 7) is 0. The van der Waals surface area contributed by atoms with Gasteiger partial charge >= 0.3 is 12.1 Å². The van der Waals surface area contributed by atoms with Crippen molar-refractivity contribution in [2.75, 3.05) is 17.7 Å². The van der Waals surface area contributed by atoms with Gasteiger partial charge in [0.15, 0.2) is 0 Å². The maximum Gasteiger partial charge on any atom is 0.471 e. The van der Waals surface area contributed by atoms with Crippen molar-refractivity contribution in [2.24, 2.45) is 0 Å². The molecule has 0 unspecified atom stereocenters. The van der Waals surface area contributed by atoms with Crippen molar-refractivity contribution in [2.45, 2.75) is 31.9 Å². The molecule has 2 N–H and O–H groups in total. The minimum absolute atomic E-state index is 0.000171. The lowest BCUT2D eigenvalue weighted by molar-refractivity contribution is -0.167. The number of amides is 2. The zero-order valence-corrected chi connectivity index (χ0v) is 15.3. The SMILES string of the molecule is COc1ccc(CCCCC(=O)Nc2ccc(NC(=O)C(F)(F)F)cc2)cc1. The lowest BCUT2D eigenvalue weighted by Crippen LogP contribution is -2.29. The Hall–Kier alpha value is -3.03. The number of unbranched alkanes of at least 4 members (excludes halogenated alkanes) is 1. The molecule has 0 bridgehead atoms. The Morgan fingerprint density at radius 2 is 1.46 bits per heavy atom. The fourth-order valence-corrected chi connectivity index (χ4v) is 2.47. The highest BCUT2D eigenvalue weighted by atomic mass is 19.4. The number of rotatable bonds is 8. The van der Waals surface area contributed by atoms with Crippen LogP contribution in [0.25, 0.3) is 0 Å². The first-order valence-corrected chi connectivity index (χ1v) is 8.69. The summed E-state index contributed by atoms with van der Waals surface area (Å²) in [5, 5.41) is 4.42. The van der Waals surface area contributed by atoms with Gasteiger partial charge in [-0.25, -0.2) is 0 Å². The summed E-state index contributed by atoms with van der Waals surface area (Å²) in [7, 11) is 1.61. The third-order valence-corrected chi connectivity index (χ3v) is 3.96. The van der Waals surface area contributed by atoms with E-state index in [1.54, 1.807) is 12.4 Å². The van der Waals surface area contributed by atoms with Gasteiger partial charge in [-0.05, 0) is 61.2 Å². The van der Waals surface area contributed by atoms with Gasteiger partial charge in [-0.2, -0.15) is 13.2 Å². The van der Waals surface area contributed by atoms with Crippen LogP contribution in [0.1, 0.15) is 24.8 Å². The molecule has 0 fully saturated rings. The van der Waals surface area contributed by atoms with Crippen LogP contribution >= 0.6 is 0 Å². The van der Waals surface area contributed by atoms with Crippen molar-refractivity contribution in [1.82, 2.24) is 0 Å². The monoisotopic (exact) mass is 394 g/mol. The predicted molar refractivity (Wildman–Crippen MR) is 100 cm³/mol. The van der Waals surface area contributed by atoms with Crippen LogP contribution in [0.2, 0.25) is 0 Å². The number of alkyl halides is 3. The molecule has 0 saturated carbocycles. The van der Waals surface area contributed by atoms with Crippen molar-refractivity contribution in [3.63, 3.8) is 0 Å². The molecule has 8 heteroatoms. The summed E-state index contributed by atoms with van der Waals surface area (Å²) in [6, 6.07) is 13.2. The molecule has 0 aliphatic heterocycles. The molecule has 28 heavy (non-hydrogen) atoms. The average Bonchev–Trinajstić information content (AvgIpc) is 2.66. The molecule has 0 radical (unpaired) electrons. The van der Waals surface area contributed by atoms with Gasteiger partial charge in [0, 0.05) is 17.8 Å². The summed E-state index contributed by atoms with van der Waals surface area (Å²) in [6.07, 6.45) is -2.20. The van der Waals surface area contributed by atoms with Gasteiger partial charge in [-0.1, -0.05) is 12.1 Å². The summed E-state index contributed by atoms with van der Waals surface area (Å²) >= 11 is 0. The van der Waals surface area contributed by atoms with Gasteiger partial charge in [0.05, 0.1) is 7.11 Å². The highest BCUT2D eigenvalue weighted by molar-refractivity contribution is 5.95. The zero-order valence-electron chi connectivity index (χ0n) is 15.3. The number of carbonyl (C=O) groups excluding carboxylic acids is 2. The normalized spacial score (nSPS) is 11.0. The number of methoxy groups -OCH3 is 1. The summed E-state index contributed by atoms with van der Waals surface area (Å²) in [5.41, 5.74) is 1.61. The number of hydrogen-bond acceptors (Lipinski definition) is 3. The maximum atomic E-state index is 12.2. The van der Waals surface area contributed by atoms with E-state index in [0.29, 0.717) is 18.5 Å². The van der Waals surface area contributed by atoms with E-state index >= 15 is 0 Å². The topological polar surface area (TPSA) is 67.4 Å². The zero-order chi connectivity index (χ0) is 20.6. The second-order valence-electron chi connectivity index (χ2n) is 6.13. The highest BCUT2D eigenvalue weighted by Gasteiger charge is 2.38. The van der Waals surface area contributed by atoms with Crippen LogP contribution in [0.3, 0.4) is 0 Å². The molecule has 0 aliphatic rings. The number of ether oxygens (including phenoxy) is 1. The quantitative estimate of drug-likeness (QED) is 0.646. The van der Waals surface area contributed by atoms with E-state index in [0.717, 1.165) is 24.2 Å². The highest BCUT2D eigenvalue weighted by Crippen LogP contribution is 2.20. The standard InChI is InChI=1S/C20H21F3N2O3/c1-28-17-12-6-14(7-13-17)4-2-3-5-18(26)24-15-8-10-16(11-9-15)25-19(27)20(21,22)23/h6-13H,2-5H2,1H3,(H,24,26)(H,25,27). The Morgan fingerprint density at radius 1 is 0.893 bits per heavy atom. The van der Waals surface area contributed by atoms with Gasteiger partial charge in [0.2, 0.25) is 5.91 Å². The molecule has 0 heterocycles. The van der Waals surface area contributed by atoms with E-state index < -0.39 is 12.1 Å². The number of nitrogens with one attached hydrogen (secondary N) is 2. The van der Waals surface area contributed by atoms with E-state index in [2.05, 4.69) is 5.32 Å². The minimum Gasteiger partial charge on any atom is -0.497 e. The van der Waals surface area contributed by atoms with Gasteiger partial charge in [0.25, 0.3) is 0 Å². The lowest BCUT2D eigenvalue weighted by Gasteiger charge is -2.09. The molecule has 2 amide bonds. The third kappa shape index (κ3) is 6.94. The second-order valence-corrected chi connectivity index (χ2v) is 6.13. The van der Waals surface area contributed by atoms with Gasteiger partial charge in [-0.3, -0.25) is 9.59 Å². The fourth-order valence-electron chi connectivity index (χ4n) is 2.47. The Balaban J connectivity index is 1.71. The van der Waals surface area contributed by atoms with Crippen LogP contribution in [0, 0.1) is 0 Å². The van der Waals surface area contributed by atoms with E-state index in [-0.39, 0.29) is 11.6 Å². The Morgan fingerprint density at radius 3 is 2.00 bits per heavy atom. The number of hydrogen-bond donors (Lipinski definition) is 2. The van der Waals surface area contributed by atoms with Crippen LogP contribution in [-0.2, 0) is 16.0 Å². The van der Waals surface area contributed by atoms with Gasteiger partial charge in [-0.15, -0.1) is 0 Å². The molecular weight excluding hydrogens is 373 g/mol. The van der Waals surface area contributed by atoms with E-state index in [1.807, 2.05) is 24.3 Å². The molecule has 2 rings (SSSR count). The van der Waals surface area contributed by atoms with E-state index in [1.165, 1.54) is 24.3 Å². The van der Waals surface area contributed by atoms with Crippen molar-refractivity contribution in [3.8, 4) is 5.75 Å². The van der Waals surface area contributed by atoms with Gasteiger partial charge in [0.1, 0.15) is 5.75 Å². The van der Waals surface area contributed by atoms with E-state index in [9.17, 15) is 22.8 Å². The first-order valence-electron chi connectivity index (χ1n) is 8.69. The van der Waals surface area contributed by atoms with Crippen molar-refractivity contribution >= 4 is 23.2 Å². The second kappa shape index (κ2) is 9.77. The number of halogens is 3. The minimum atomic E-state index is -4.95. The average molecular weight is 394 g/mol. The number of carbonyl (C=O) groups is 2. The molecule has 2 aromatic carbocycles. The smallest absolute Gasteiger partial charge is 0.471 e. The number of anilines is 2. The summed E-state index contributed by atoms with van der Waals surface area (Å²) in [5.74, 6) is -1.42. The third-order valence-electron chi connectivity index (χ3n) is 3.96. The maximum absolute atomic E-state index is 12.2. The molecule has 150 valence electrons. The summed E-state index contributed by atoms with van der Waals surface area (Å²) in [4.78, 5) is 22.8. The van der Waals surface area contributed by atoms with Crippen LogP contribution in [-0.4, -0.2) is 25.1 Å². The Kier molecular flexibility index (Phi) is 7.43. The molecule has 0 spiro atoms. The van der Waals surface area contributed by atoms with E-state index in [4.69, 9.17) is 4.74 Å². The number of benzene rings is 2.